The number of nitrogen functional groups attached to an aromatic ring is 1. The van der Waals surface area contributed by atoms with Crippen LogP contribution in [0.1, 0.15) is 42.5 Å². The third kappa shape index (κ3) is 4.63. The van der Waals surface area contributed by atoms with Crippen LogP contribution in [0.4, 0.5) is 5.82 Å². The lowest BCUT2D eigenvalue weighted by molar-refractivity contribution is 0.210. The molecule has 2 aromatic heterocycles. The second-order valence-corrected chi connectivity index (χ2v) is 8.27. The first kappa shape index (κ1) is 20.7. The van der Waals surface area contributed by atoms with Gasteiger partial charge in [-0.1, -0.05) is 30.0 Å². The number of pyridine rings is 2. The molecule has 0 aliphatic heterocycles. The van der Waals surface area contributed by atoms with Crippen molar-refractivity contribution in [2.75, 3.05) is 5.73 Å². The van der Waals surface area contributed by atoms with Gasteiger partial charge in [-0.3, -0.25) is 4.98 Å². The van der Waals surface area contributed by atoms with E-state index in [4.69, 9.17) is 10.5 Å². The summed E-state index contributed by atoms with van der Waals surface area (Å²) in [4.78, 5) is 8.65. The number of nitriles is 2. The van der Waals surface area contributed by atoms with Gasteiger partial charge in [-0.2, -0.15) is 10.5 Å². The number of hydrogen-bond acceptors (Lipinski definition) is 7. The standard InChI is InChI=1S/C24H21N5OS/c25-13-20-22(16-8-10-19(11-9-16)30-18-6-1-2-7-18)21(14-26)24(29-23(20)27)31-15-17-5-3-4-12-28-17/h3-5,8-12,18H,1-2,6-7,15H2,(H2,27,29). The number of aromatic nitrogens is 2. The van der Waals surface area contributed by atoms with Crippen molar-refractivity contribution >= 4 is 17.6 Å². The van der Waals surface area contributed by atoms with Crippen molar-refractivity contribution in [1.29, 1.82) is 10.5 Å². The highest BCUT2D eigenvalue weighted by atomic mass is 32.2. The highest BCUT2D eigenvalue weighted by molar-refractivity contribution is 7.98. The molecule has 1 aliphatic carbocycles. The lowest BCUT2D eigenvalue weighted by atomic mass is 9.97. The summed E-state index contributed by atoms with van der Waals surface area (Å²) in [5.41, 5.74) is 8.78. The maximum atomic E-state index is 9.92. The van der Waals surface area contributed by atoms with E-state index in [-0.39, 0.29) is 17.5 Å². The van der Waals surface area contributed by atoms with Crippen LogP contribution in [-0.4, -0.2) is 16.1 Å². The van der Waals surface area contributed by atoms with Crippen molar-refractivity contribution in [3.63, 3.8) is 0 Å². The Kier molecular flexibility index (Phi) is 6.35. The first-order valence-corrected chi connectivity index (χ1v) is 11.1. The number of hydrogen-bond donors (Lipinski definition) is 1. The van der Waals surface area contributed by atoms with Crippen LogP contribution in [0, 0.1) is 22.7 Å². The number of nitrogens with zero attached hydrogens (tertiary/aromatic N) is 4. The summed E-state index contributed by atoms with van der Waals surface area (Å²) in [7, 11) is 0. The van der Waals surface area contributed by atoms with E-state index in [0.717, 1.165) is 29.8 Å². The molecule has 1 saturated carbocycles. The third-order valence-electron chi connectivity index (χ3n) is 5.25. The molecular weight excluding hydrogens is 406 g/mol. The molecule has 0 amide bonds. The summed E-state index contributed by atoms with van der Waals surface area (Å²) in [6, 6.07) is 17.5. The molecule has 0 saturated heterocycles. The smallest absolute Gasteiger partial charge is 0.143 e. The van der Waals surface area contributed by atoms with Gasteiger partial charge in [0.25, 0.3) is 0 Å². The molecule has 4 rings (SSSR count). The zero-order valence-electron chi connectivity index (χ0n) is 16.9. The Morgan fingerprint density at radius 1 is 1.03 bits per heavy atom. The molecule has 1 aromatic carbocycles. The van der Waals surface area contributed by atoms with E-state index in [9.17, 15) is 10.5 Å². The Hall–Kier alpha value is -3.55. The number of rotatable bonds is 6. The summed E-state index contributed by atoms with van der Waals surface area (Å²) in [6.45, 7) is 0. The van der Waals surface area contributed by atoms with Gasteiger partial charge in [0.15, 0.2) is 0 Å². The third-order valence-corrected chi connectivity index (χ3v) is 6.26. The Bertz CT molecular complexity index is 1140. The Labute approximate surface area is 185 Å². The van der Waals surface area contributed by atoms with Gasteiger partial charge < -0.3 is 10.5 Å². The van der Waals surface area contributed by atoms with Gasteiger partial charge in [-0.15, -0.1) is 0 Å². The minimum Gasteiger partial charge on any atom is -0.490 e. The fourth-order valence-corrected chi connectivity index (χ4v) is 4.63. The summed E-state index contributed by atoms with van der Waals surface area (Å²) < 4.78 is 6.04. The van der Waals surface area contributed by atoms with Crippen molar-refractivity contribution < 1.29 is 4.74 Å². The monoisotopic (exact) mass is 427 g/mol. The van der Waals surface area contributed by atoms with Crippen LogP contribution in [0.15, 0.2) is 53.7 Å². The molecule has 1 fully saturated rings. The van der Waals surface area contributed by atoms with Crippen LogP contribution in [-0.2, 0) is 5.75 Å². The molecule has 0 bridgehead atoms. The first-order chi connectivity index (χ1) is 15.2. The number of nitrogens with two attached hydrogens (primary N) is 1. The number of benzene rings is 1. The molecule has 154 valence electrons. The lowest BCUT2D eigenvalue weighted by Crippen LogP contribution is -2.10. The van der Waals surface area contributed by atoms with Crippen LogP contribution >= 0.6 is 11.8 Å². The van der Waals surface area contributed by atoms with E-state index >= 15 is 0 Å². The normalized spacial score (nSPS) is 13.5. The van der Waals surface area contributed by atoms with Crippen LogP contribution < -0.4 is 10.5 Å². The largest absolute Gasteiger partial charge is 0.490 e. The SMILES string of the molecule is N#Cc1c(N)nc(SCc2ccccn2)c(C#N)c1-c1ccc(OC2CCCC2)cc1. The molecule has 1 aliphatic rings. The Balaban J connectivity index is 1.67. The van der Waals surface area contributed by atoms with Crippen molar-refractivity contribution in [2.24, 2.45) is 0 Å². The lowest BCUT2D eigenvalue weighted by Gasteiger charge is -2.15. The van der Waals surface area contributed by atoms with E-state index in [2.05, 4.69) is 22.1 Å². The molecule has 0 spiro atoms. The average molecular weight is 428 g/mol. The van der Waals surface area contributed by atoms with Gasteiger partial charge in [0.05, 0.1) is 17.4 Å². The molecule has 3 aromatic rings. The number of anilines is 1. The van der Waals surface area contributed by atoms with E-state index in [1.807, 2.05) is 42.5 Å². The number of ether oxygens (including phenoxy) is 1. The van der Waals surface area contributed by atoms with Crippen molar-refractivity contribution in [3.8, 4) is 29.0 Å². The van der Waals surface area contributed by atoms with Gasteiger partial charge in [0.2, 0.25) is 0 Å². The Morgan fingerprint density at radius 3 is 2.42 bits per heavy atom. The second kappa shape index (κ2) is 9.51. The fraction of sp³-hybridized carbons (Fsp3) is 0.250. The van der Waals surface area contributed by atoms with Gasteiger partial charge in [-0.05, 0) is 55.5 Å². The van der Waals surface area contributed by atoms with Crippen molar-refractivity contribution in [2.45, 2.75) is 42.6 Å². The topological polar surface area (TPSA) is 109 Å². The van der Waals surface area contributed by atoms with E-state index in [1.54, 1.807) is 6.20 Å². The van der Waals surface area contributed by atoms with E-state index < -0.39 is 0 Å². The maximum absolute atomic E-state index is 9.92. The van der Waals surface area contributed by atoms with Gasteiger partial charge in [0, 0.05) is 17.5 Å². The molecule has 6 nitrogen and oxygen atoms in total. The minimum atomic E-state index is 0.117. The fourth-order valence-electron chi connectivity index (χ4n) is 3.72. The zero-order chi connectivity index (χ0) is 21.6. The quantitative estimate of drug-likeness (QED) is 0.546. The average Bonchev–Trinajstić information content (AvgIpc) is 3.31. The predicted molar refractivity (Wildman–Crippen MR) is 120 cm³/mol. The van der Waals surface area contributed by atoms with Crippen LogP contribution in [0.2, 0.25) is 0 Å². The minimum absolute atomic E-state index is 0.117. The van der Waals surface area contributed by atoms with E-state index in [1.165, 1.54) is 24.6 Å². The molecule has 7 heteroatoms. The highest BCUT2D eigenvalue weighted by Gasteiger charge is 2.21. The van der Waals surface area contributed by atoms with Gasteiger partial charge >= 0.3 is 0 Å². The molecule has 0 atom stereocenters. The predicted octanol–water partition coefficient (Wildman–Crippen LogP) is 5.08. The van der Waals surface area contributed by atoms with Crippen LogP contribution in [0.25, 0.3) is 11.1 Å². The van der Waals surface area contributed by atoms with Gasteiger partial charge in [-0.25, -0.2) is 4.98 Å². The Morgan fingerprint density at radius 2 is 1.77 bits per heavy atom. The van der Waals surface area contributed by atoms with Crippen molar-refractivity contribution in [3.05, 3.63) is 65.5 Å². The zero-order valence-corrected chi connectivity index (χ0v) is 17.7. The maximum Gasteiger partial charge on any atom is 0.143 e. The highest BCUT2D eigenvalue weighted by Crippen LogP contribution is 2.37. The number of thioether (sulfide) groups is 1. The second-order valence-electron chi connectivity index (χ2n) is 7.31. The first-order valence-electron chi connectivity index (χ1n) is 10.1. The summed E-state index contributed by atoms with van der Waals surface area (Å²) in [6.07, 6.45) is 6.56. The van der Waals surface area contributed by atoms with Gasteiger partial charge in [0.1, 0.15) is 34.3 Å². The molecule has 0 unspecified atom stereocenters. The van der Waals surface area contributed by atoms with Crippen LogP contribution in [0.5, 0.6) is 5.75 Å². The summed E-state index contributed by atoms with van der Waals surface area (Å²) in [5.74, 6) is 1.45. The molecule has 2 N–H and O–H groups in total. The summed E-state index contributed by atoms with van der Waals surface area (Å²) in [5, 5.41) is 20.1. The molecule has 0 radical (unpaired) electrons. The van der Waals surface area contributed by atoms with Crippen LogP contribution in [0.3, 0.4) is 0 Å². The summed E-state index contributed by atoms with van der Waals surface area (Å²) >= 11 is 1.38. The molecule has 2 heterocycles. The van der Waals surface area contributed by atoms with Crippen molar-refractivity contribution in [1.82, 2.24) is 9.97 Å². The molecular formula is C24H21N5OS. The molecule has 31 heavy (non-hydrogen) atoms. The van der Waals surface area contributed by atoms with E-state index in [0.29, 0.717) is 21.9 Å².